The Morgan fingerprint density at radius 3 is 2.35 bits per heavy atom. The number of nitrogens with one attached hydrogen (secondary N) is 1. The second-order valence-corrected chi connectivity index (χ2v) is 6.15. The Kier molecular flexibility index (Phi) is 3.18. The highest BCUT2D eigenvalue weighted by Crippen LogP contribution is 2.36. The average Bonchev–Trinajstić information content (AvgIpc) is 2.47. The maximum atomic E-state index is 12.6. The van der Waals surface area contributed by atoms with Crippen LogP contribution in [0.4, 0.5) is 5.69 Å². The number of fused-ring (bicyclic) bond motifs is 1. The Bertz CT molecular complexity index is 684. The van der Waals surface area contributed by atoms with Crippen molar-refractivity contribution in [2.24, 2.45) is 0 Å². The van der Waals surface area contributed by atoms with Crippen molar-refractivity contribution in [1.29, 1.82) is 0 Å². The molecule has 2 aromatic carbocycles. The van der Waals surface area contributed by atoms with Gasteiger partial charge in [0.05, 0.1) is 5.69 Å². The van der Waals surface area contributed by atoms with Crippen LogP contribution in [0.3, 0.4) is 0 Å². The van der Waals surface area contributed by atoms with Gasteiger partial charge >= 0.3 is 0 Å². The van der Waals surface area contributed by atoms with Gasteiger partial charge in [-0.3, -0.25) is 9.59 Å². The van der Waals surface area contributed by atoms with Gasteiger partial charge in [-0.05, 0) is 17.7 Å². The van der Waals surface area contributed by atoms with E-state index in [0.717, 1.165) is 5.56 Å². The minimum atomic E-state index is -1.23. The maximum absolute atomic E-state index is 12.6. The van der Waals surface area contributed by atoms with Crippen molar-refractivity contribution >= 4 is 33.3 Å². The second-order valence-electron chi connectivity index (χ2n) is 4.79. The number of hydrogen-bond donors (Lipinski definition) is 1. The molecule has 1 aliphatic heterocycles. The van der Waals surface area contributed by atoms with E-state index in [2.05, 4.69) is 21.2 Å². The normalized spacial score (nSPS) is 21.2. The van der Waals surface area contributed by atoms with Crippen LogP contribution in [0.5, 0.6) is 0 Å². The highest BCUT2D eigenvalue weighted by molar-refractivity contribution is 9.10. The largest absolute Gasteiger partial charge is 0.324 e. The summed E-state index contributed by atoms with van der Waals surface area (Å²) in [5.74, 6) is -0.509. The quantitative estimate of drug-likeness (QED) is 0.679. The maximum Gasteiger partial charge on any atom is 0.249 e. The van der Waals surface area contributed by atoms with E-state index in [9.17, 15) is 9.59 Å². The van der Waals surface area contributed by atoms with Crippen molar-refractivity contribution in [2.45, 2.75) is 10.7 Å². The summed E-state index contributed by atoms with van der Waals surface area (Å²) in [7, 11) is 0. The van der Waals surface area contributed by atoms with Gasteiger partial charge < -0.3 is 5.32 Å². The highest BCUT2D eigenvalue weighted by atomic mass is 79.9. The molecule has 0 saturated heterocycles. The molecule has 2 aromatic rings. The zero-order valence-electron chi connectivity index (χ0n) is 10.6. The number of Topliss-reactive ketones (excluding diaryl/α,β-unsaturated/α-hetero) is 1. The number of benzene rings is 2. The molecule has 0 fully saturated rings. The van der Waals surface area contributed by atoms with Crippen molar-refractivity contribution in [2.75, 3.05) is 5.32 Å². The molecule has 1 N–H and O–H groups in total. The van der Waals surface area contributed by atoms with Gasteiger partial charge in [-0.1, -0.05) is 58.4 Å². The van der Waals surface area contributed by atoms with Crippen LogP contribution in [0, 0.1) is 0 Å². The lowest BCUT2D eigenvalue weighted by Gasteiger charge is -2.30. The van der Waals surface area contributed by atoms with Crippen molar-refractivity contribution in [1.82, 2.24) is 0 Å². The topological polar surface area (TPSA) is 46.2 Å². The molecule has 1 amide bonds. The van der Waals surface area contributed by atoms with E-state index in [-0.39, 0.29) is 11.7 Å². The molecule has 3 nitrogen and oxygen atoms in total. The number of para-hydroxylation sites is 1. The minimum absolute atomic E-state index is 0.194. The molecule has 0 radical (unpaired) electrons. The standard InChI is InChI=1S/C16H12BrNO2/c17-16(10-11-6-2-1-3-7-11)14(19)12-8-4-5-9-13(12)18-15(16)20/h1-9H,10H2,(H,18,20). The summed E-state index contributed by atoms with van der Waals surface area (Å²) in [6, 6.07) is 16.6. The molecular formula is C16H12BrNO2. The Morgan fingerprint density at radius 2 is 1.60 bits per heavy atom. The van der Waals surface area contributed by atoms with Gasteiger partial charge in [0.25, 0.3) is 0 Å². The second kappa shape index (κ2) is 4.87. The van der Waals surface area contributed by atoms with Crippen LogP contribution in [0.15, 0.2) is 54.6 Å². The first kappa shape index (κ1) is 13.1. The van der Waals surface area contributed by atoms with Gasteiger partial charge in [0.1, 0.15) is 0 Å². The first-order valence-electron chi connectivity index (χ1n) is 6.29. The van der Waals surface area contributed by atoms with Gasteiger partial charge in [-0.2, -0.15) is 0 Å². The molecule has 100 valence electrons. The fraction of sp³-hybridized carbons (Fsp3) is 0.125. The predicted molar refractivity (Wildman–Crippen MR) is 81.2 cm³/mol. The minimum Gasteiger partial charge on any atom is -0.324 e. The summed E-state index contributed by atoms with van der Waals surface area (Å²) < 4.78 is -1.23. The molecule has 4 heteroatoms. The number of ketones is 1. The molecule has 0 aliphatic carbocycles. The molecule has 1 atom stereocenters. The lowest BCUT2D eigenvalue weighted by atomic mass is 9.86. The van der Waals surface area contributed by atoms with E-state index in [4.69, 9.17) is 0 Å². The van der Waals surface area contributed by atoms with Crippen LogP contribution in [-0.2, 0) is 11.2 Å². The number of hydrogen-bond acceptors (Lipinski definition) is 2. The Balaban J connectivity index is 2.01. The predicted octanol–water partition coefficient (Wildman–Crippen LogP) is 3.20. The summed E-state index contributed by atoms with van der Waals surface area (Å²) in [5, 5.41) is 2.79. The molecule has 3 rings (SSSR count). The molecule has 1 unspecified atom stereocenters. The molecule has 0 saturated carbocycles. The van der Waals surface area contributed by atoms with Crippen LogP contribution in [0.1, 0.15) is 15.9 Å². The van der Waals surface area contributed by atoms with E-state index in [1.807, 2.05) is 30.3 Å². The van der Waals surface area contributed by atoms with Crippen molar-refractivity contribution in [3.05, 3.63) is 65.7 Å². The van der Waals surface area contributed by atoms with Gasteiger partial charge in [-0.25, -0.2) is 0 Å². The lowest BCUT2D eigenvalue weighted by Crippen LogP contribution is -2.49. The number of rotatable bonds is 2. The zero-order chi connectivity index (χ0) is 14.2. The smallest absolute Gasteiger partial charge is 0.249 e. The number of carbonyl (C=O) groups excluding carboxylic acids is 2. The average molecular weight is 330 g/mol. The number of carbonyl (C=O) groups is 2. The molecule has 1 aliphatic rings. The van der Waals surface area contributed by atoms with Gasteiger partial charge in [-0.15, -0.1) is 0 Å². The Hall–Kier alpha value is -1.94. The van der Waals surface area contributed by atoms with Crippen LogP contribution < -0.4 is 5.32 Å². The summed E-state index contributed by atoms with van der Waals surface area (Å²) in [6.45, 7) is 0. The fourth-order valence-electron chi connectivity index (χ4n) is 2.37. The molecular weight excluding hydrogens is 318 g/mol. The van der Waals surface area contributed by atoms with Crippen LogP contribution in [0.2, 0.25) is 0 Å². The lowest BCUT2D eigenvalue weighted by molar-refractivity contribution is -0.117. The van der Waals surface area contributed by atoms with Crippen LogP contribution in [0.25, 0.3) is 0 Å². The molecule has 0 bridgehead atoms. The van der Waals surface area contributed by atoms with E-state index < -0.39 is 4.32 Å². The summed E-state index contributed by atoms with van der Waals surface area (Å²) >= 11 is 3.37. The van der Waals surface area contributed by atoms with Crippen molar-refractivity contribution < 1.29 is 9.59 Å². The van der Waals surface area contributed by atoms with Crippen LogP contribution >= 0.6 is 15.9 Å². The summed E-state index contributed by atoms with van der Waals surface area (Å²) in [4.78, 5) is 25.0. The highest BCUT2D eigenvalue weighted by Gasteiger charge is 2.47. The van der Waals surface area contributed by atoms with Crippen LogP contribution in [-0.4, -0.2) is 16.0 Å². The van der Waals surface area contributed by atoms with Gasteiger partial charge in [0.15, 0.2) is 10.1 Å². The van der Waals surface area contributed by atoms with Gasteiger partial charge in [0.2, 0.25) is 5.91 Å². The Labute approximate surface area is 125 Å². The van der Waals surface area contributed by atoms with Crippen molar-refractivity contribution in [3.8, 4) is 0 Å². The summed E-state index contributed by atoms with van der Waals surface area (Å²) in [6.07, 6.45) is 0.326. The number of alkyl halides is 1. The first-order chi connectivity index (χ1) is 9.61. The third kappa shape index (κ3) is 2.06. The van der Waals surface area contributed by atoms with E-state index >= 15 is 0 Å². The zero-order valence-corrected chi connectivity index (χ0v) is 12.2. The third-order valence-electron chi connectivity index (χ3n) is 3.43. The Morgan fingerprint density at radius 1 is 0.950 bits per heavy atom. The third-order valence-corrected chi connectivity index (χ3v) is 4.43. The number of amides is 1. The van der Waals surface area contributed by atoms with E-state index in [1.54, 1.807) is 24.3 Å². The molecule has 20 heavy (non-hydrogen) atoms. The monoisotopic (exact) mass is 329 g/mol. The molecule has 0 spiro atoms. The SMILES string of the molecule is O=C1Nc2ccccc2C(=O)C1(Br)Cc1ccccc1. The fourth-order valence-corrected chi connectivity index (χ4v) is 3.00. The van der Waals surface area contributed by atoms with E-state index in [1.165, 1.54) is 0 Å². The molecule has 1 heterocycles. The number of halogens is 1. The van der Waals surface area contributed by atoms with Gasteiger partial charge in [0, 0.05) is 12.0 Å². The van der Waals surface area contributed by atoms with E-state index in [0.29, 0.717) is 17.7 Å². The summed E-state index contributed by atoms with van der Waals surface area (Å²) in [5.41, 5.74) is 2.05. The first-order valence-corrected chi connectivity index (χ1v) is 7.09. The number of anilines is 1. The molecule has 0 aromatic heterocycles. The van der Waals surface area contributed by atoms with Crippen molar-refractivity contribution in [3.63, 3.8) is 0 Å².